The van der Waals surface area contributed by atoms with Crippen LogP contribution in [0.1, 0.15) is 110 Å². The first-order valence-corrected chi connectivity index (χ1v) is 10.1. The van der Waals surface area contributed by atoms with E-state index in [1.54, 1.807) is 0 Å². The van der Waals surface area contributed by atoms with Gasteiger partial charge in [-0.25, -0.2) is 0 Å². The van der Waals surface area contributed by atoms with Crippen LogP contribution in [0.4, 0.5) is 0 Å². The maximum atomic E-state index is 8.68. The Morgan fingerprint density at radius 1 is 0.500 bits per heavy atom. The molecule has 0 aliphatic heterocycles. The van der Waals surface area contributed by atoms with Crippen molar-refractivity contribution in [2.75, 3.05) is 19.8 Å². The van der Waals surface area contributed by atoms with E-state index in [9.17, 15) is 0 Å². The van der Waals surface area contributed by atoms with Gasteiger partial charge in [-0.3, -0.25) is 0 Å². The minimum atomic E-state index is 0.349. The van der Waals surface area contributed by atoms with E-state index < -0.39 is 0 Å². The molecule has 0 saturated heterocycles. The van der Waals surface area contributed by atoms with E-state index in [4.69, 9.17) is 9.84 Å². The van der Waals surface area contributed by atoms with Crippen molar-refractivity contribution in [3.05, 3.63) is 0 Å². The van der Waals surface area contributed by atoms with Gasteiger partial charge in [-0.15, -0.1) is 0 Å². The molecule has 0 aliphatic carbocycles. The molecule has 0 amide bonds. The summed E-state index contributed by atoms with van der Waals surface area (Å²) in [6.07, 6.45) is 21.1. The molecule has 0 bridgehead atoms. The van der Waals surface area contributed by atoms with Gasteiger partial charge >= 0.3 is 0 Å². The van der Waals surface area contributed by atoms with Crippen molar-refractivity contribution in [3.63, 3.8) is 0 Å². The number of hydrogen-bond acceptors (Lipinski definition) is 2. The summed E-state index contributed by atoms with van der Waals surface area (Å²) in [4.78, 5) is 0. The third-order valence-corrected chi connectivity index (χ3v) is 4.34. The molecule has 2 heteroatoms. The van der Waals surface area contributed by atoms with E-state index in [1.807, 2.05) is 0 Å². The molecule has 0 rings (SSSR count). The zero-order chi connectivity index (χ0) is 16.1. The molecule has 0 saturated carbocycles. The first-order chi connectivity index (χ1) is 10.9. The average Bonchev–Trinajstić information content (AvgIpc) is 2.54. The molecule has 0 unspecified atom stereocenters. The highest BCUT2D eigenvalue weighted by Crippen LogP contribution is 2.10. The van der Waals surface area contributed by atoms with Gasteiger partial charge in [0.2, 0.25) is 0 Å². The molecular formula is C20H42O2. The largest absolute Gasteiger partial charge is 0.396 e. The lowest BCUT2D eigenvalue weighted by molar-refractivity contribution is 0.125. The van der Waals surface area contributed by atoms with Crippen molar-refractivity contribution in [1.82, 2.24) is 0 Å². The second-order valence-corrected chi connectivity index (χ2v) is 6.64. The Labute approximate surface area is 140 Å². The molecule has 0 radical (unpaired) electrons. The van der Waals surface area contributed by atoms with Crippen LogP contribution in [0.15, 0.2) is 0 Å². The van der Waals surface area contributed by atoms with E-state index in [0.29, 0.717) is 6.61 Å². The quantitative estimate of drug-likeness (QED) is 0.285. The molecule has 1 N–H and O–H groups in total. The van der Waals surface area contributed by atoms with Gasteiger partial charge in [0.05, 0.1) is 0 Å². The summed E-state index contributed by atoms with van der Waals surface area (Å²) in [7, 11) is 0. The number of unbranched alkanes of at least 4 members (excludes halogenated alkanes) is 14. The fraction of sp³-hybridized carbons (Fsp3) is 1.00. The summed E-state index contributed by atoms with van der Waals surface area (Å²) >= 11 is 0. The van der Waals surface area contributed by atoms with Gasteiger partial charge in [-0.2, -0.15) is 0 Å². The lowest BCUT2D eigenvalue weighted by Crippen LogP contribution is -1.97. The first-order valence-electron chi connectivity index (χ1n) is 10.1. The van der Waals surface area contributed by atoms with E-state index in [-0.39, 0.29) is 0 Å². The maximum Gasteiger partial charge on any atom is 0.0466 e. The van der Waals surface area contributed by atoms with Crippen LogP contribution in [0, 0.1) is 0 Å². The Balaban J connectivity index is 2.91. The molecular weight excluding hydrogens is 272 g/mol. The number of hydrogen-bond donors (Lipinski definition) is 1. The van der Waals surface area contributed by atoms with Gasteiger partial charge in [0.1, 0.15) is 0 Å². The molecule has 22 heavy (non-hydrogen) atoms. The maximum absolute atomic E-state index is 8.68. The van der Waals surface area contributed by atoms with Gasteiger partial charge in [0, 0.05) is 19.8 Å². The Bertz CT molecular complexity index is 163. The van der Waals surface area contributed by atoms with Crippen molar-refractivity contribution in [1.29, 1.82) is 0 Å². The minimum absolute atomic E-state index is 0.349. The summed E-state index contributed by atoms with van der Waals surface area (Å²) in [5, 5.41) is 8.68. The fourth-order valence-corrected chi connectivity index (χ4v) is 2.82. The van der Waals surface area contributed by atoms with Crippen molar-refractivity contribution in [2.45, 2.75) is 110 Å². The van der Waals surface area contributed by atoms with Crippen molar-refractivity contribution in [2.24, 2.45) is 0 Å². The summed E-state index contributed by atoms with van der Waals surface area (Å²) < 4.78 is 5.69. The first kappa shape index (κ1) is 21.9. The van der Waals surface area contributed by atoms with E-state index >= 15 is 0 Å². The molecule has 0 atom stereocenters. The van der Waals surface area contributed by atoms with Crippen LogP contribution in [0.25, 0.3) is 0 Å². The third kappa shape index (κ3) is 19.9. The zero-order valence-electron chi connectivity index (χ0n) is 15.3. The van der Waals surface area contributed by atoms with Crippen molar-refractivity contribution >= 4 is 0 Å². The molecule has 0 aromatic rings. The molecule has 0 aromatic carbocycles. The predicted octanol–water partition coefficient (Wildman–Crippen LogP) is 6.26. The summed E-state index contributed by atoms with van der Waals surface area (Å²) in [6, 6.07) is 0. The number of rotatable bonds is 19. The van der Waals surface area contributed by atoms with Crippen LogP contribution < -0.4 is 0 Å². The second-order valence-electron chi connectivity index (χ2n) is 6.64. The van der Waals surface area contributed by atoms with Crippen LogP contribution in [-0.4, -0.2) is 24.9 Å². The Morgan fingerprint density at radius 3 is 1.27 bits per heavy atom. The van der Waals surface area contributed by atoms with Crippen LogP contribution in [0.2, 0.25) is 0 Å². The van der Waals surface area contributed by atoms with E-state index in [2.05, 4.69) is 6.92 Å². The zero-order valence-corrected chi connectivity index (χ0v) is 15.3. The highest BCUT2D eigenvalue weighted by molar-refractivity contribution is 4.48. The van der Waals surface area contributed by atoms with Crippen LogP contribution in [-0.2, 0) is 4.74 Å². The summed E-state index contributed by atoms with van der Waals surface area (Å²) in [5.41, 5.74) is 0. The Morgan fingerprint density at radius 2 is 0.864 bits per heavy atom. The molecule has 2 nitrogen and oxygen atoms in total. The van der Waals surface area contributed by atoms with Gasteiger partial charge < -0.3 is 9.84 Å². The normalized spacial score (nSPS) is 11.2. The lowest BCUT2D eigenvalue weighted by Gasteiger charge is -2.05. The predicted molar refractivity (Wildman–Crippen MR) is 97.5 cm³/mol. The standard InChI is InChI=1S/C20H42O2/c1-2-3-4-5-6-7-8-10-13-16-19-22-20-17-14-11-9-12-15-18-21/h21H,2-20H2,1H3. The monoisotopic (exact) mass is 314 g/mol. The number of ether oxygens (including phenoxy) is 1. The third-order valence-electron chi connectivity index (χ3n) is 4.34. The molecule has 134 valence electrons. The smallest absolute Gasteiger partial charge is 0.0466 e. The molecule has 0 aliphatic rings. The highest BCUT2D eigenvalue weighted by atomic mass is 16.5. The molecule has 0 fully saturated rings. The van der Waals surface area contributed by atoms with Crippen molar-refractivity contribution < 1.29 is 9.84 Å². The van der Waals surface area contributed by atoms with Crippen LogP contribution >= 0.6 is 0 Å². The second kappa shape index (κ2) is 20.9. The Kier molecular flexibility index (Phi) is 20.8. The van der Waals surface area contributed by atoms with Gasteiger partial charge in [0.25, 0.3) is 0 Å². The molecule has 0 heterocycles. The SMILES string of the molecule is CCCCCCCCCCCCOCCCCCCCCO. The minimum Gasteiger partial charge on any atom is -0.396 e. The van der Waals surface area contributed by atoms with Crippen LogP contribution in [0.3, 0.4) is 0 Å². The number of aliphatic hydroxyl groups is 1. The van der Waals surface area contributed by atoms with Crippen molar-refractivity contribution in [3.8, 4) is 0 Å². The van der Waals surface area contributed by atoms with E-state index in [1.165, 1.54) is 96.3 Å². The summed E-state index contributed by atoms with van der Waals surface area (Å²) in [6.45, 7) is 4.53. The molecule has 0 spiro atoms. The summed E-state index contributed by atoms with van der Waals surface area (Å²) in [5.74, 6) is 0. The topological polar surface area (TPSA) is 29.5 Å². The lowest BCUT2D eigenvalue weighted by atomic mass is 10.1. The van der Waals surface area contributed by atoms with Gasteiger partial charge in [-0.1, -0.05) is 90.4 Å². The van der Waals surface area contributed by atoms with E-state index in [0.717, 1.165) is 19.6 Å². The average molecular weight is 315 g/mol. The Hall–Kier alpha value is -0.0800. The van der Waals surface area contributed by atoms with Gasteiger partial charge in [-0.05, 0) is 19.3 Å². The number of aliphatic hydroxyl groups excluding tert-OH is 1. The van der Waals surface area contributed by atoms with Gasteiger partial charge in [0.15, 0.2) is 0 Å². The van der Waals surface area contributed by atoms with Crippen LogP contribution in [0.5, 0.6) is 0 Å². The molecule has 0 aromatic heterocycles. The fourth-order valence-electron chi connectivity index (χ4n) is 2.82. The highest BCUT2D eigenvalue weighted by Gasteiger charge is 1.94.